The highest BCUT2D eigenvalue weighted by Crippen LogP contribution is 2.26. The molecule has 0 heterocycles. The molecular formula is C19H22BrClN2O3S. The average molecular weight is 474 g/mol. The molecule has 0 radical (unpaired) electrons. The van der Waals surface area contributed by atoms with Crippen molar-refractivity contribution >= 4 is 43.5 Å². The van der Waals surface area contributed by atoms with E-state index in [1.165, 1.54) is 22.5 Å². The highest BCUT2D eigenvalue weighted by molar-refractivity contribution is 9.10. The molecule has 2 aromatic rings. The zero-order valence-corrected chi connectivity index (χ0v) is 18.5. The van der Waals surface area contributed by atoms with Crippen molar-refractivity contribution < 1.29 is 13.2 Å². The van der Waals surface area contributed by atoms with E-state index in [4.69, 9.17) is 11.6 Å². The maximum Gasteiger partial charge on any atom is 0.253 e. The van der Waals surface area contributed by atoms with Crippen molar-refractivity contribution in [3.05, 3.63) is 63.1 Å². The van der Waals surface area contributed by atoms with Crippen LogP contribution in [-0.4, -0.2) is 31.7 Å². The van der Waals surface area contributed by atoms with Crippen LogP contribution in [0.3, 0.4) is 0 Å². The summed E-state index contributed by atoms with van der Waals surface area (Å²) < 4.78 is 27.6. The number of carbonyl (C=O) groups excluding carboxylic acids is 1. The van der Waals surface area contributed by atoms with Gasteiger partial charge in [0.25, 0.3) is 5.91 Å². The van der Waals surface area contributed by atoms with Crippen molar-refractivity contribution in [3.8, 4) is 0 Å². The van der Waals surface area contributed by atoms with E-state index >= 15 is 0 Å². The zero-order valence-electron chi connectivity index (χ0n) is 15.4. The summed E-state index contributed by atoms with van der Waals surface area (Å²) in [5.41, 5.74) is 1.04. The Balaban J connectivity index is 2.33. The highest BCUT2D eigenvalue weighted by atomic mass is 79.9. The van der Waals surface area contributed by atoms with Gasteiger partial charge in [0.15, 0.2) is 0 Å². The lowest BCUT2D eigenvalue weighted by Gasteiger charge is -2.20. The number of hydrogen-bond donors (Lipinski definition) is 1. The third kappa shape index (κ3) is 4.90. The molecule has 0 bridgehead atoms. The third-order valence-corrected chi connectivity index (χ3v) is 7.34. The van der Waals surface area contributed by atoms with E-state index in [9.17, 15) is 13.2 Å². The van der Waals surface area contributed by atoms with Gasteiger partial charge in [-0.2, -0.15) is 4.31 Å². The molecule has 1 unspecified atom stereocenters. The molecule has 8 heteroatoms. The first-order valence-electron chi connectivity index (χ1n) is 8.57. The molecule has 146 valence electrons. The normalized spacial score (nSPS) is 12.8. The number of carbonyl (C=O) groups is 1. The quantitative estimate of drug-likeness (QED) is 0.638. The van der Waals surface area contributed by atoms with Crippen LogP contribution >= 0.6 is 27.5 Å². The van der Waals surface area contributed by atoms with Crippen LogP contribution in [0.4, 0.5) is 0 Å². The molecule has 1 amide bonds. The predicted octanol–water partition coefficient (Wildman–Crippen LogP) is 4.62. The Hall–Kier alpha value is -1.41. The smallest absolute Gasteiger partial charge is 0.253 e. The minimum absolute atomic E-state index is 0.0503. The summed E-state index contributed by atoms with van der Waals surface area (Å²) in [5, 5.41) is 3.07. The SMILES string of the molecule is CCN(CC)S(=O)(=O)c1ccc(Cl)c(C(=O)NC(C)c2ccccc2Br)c1. The fraction of sp³-hybridized carbons (Fsp3) is 0.316. The summed E-state index contributed by atoms with van der Waals surface area (Å²) in [4.78, 5) is 12.8. The van der Waals surface area contributed by atoms with Crippen molar-refractivity contribution in [1.29, 1.82) is 0 Å². The first kappa shape index (κ1) is 21.9. The van der Waals surface area contributed by atoms with Crippen molar-refractivity contribution in [2.75, 3.05) is 13.1 Å². The zero-order chi connectivity index (χ0) is 20.2. The van der Waals surface area contributed by atoms with E-state index in [1.54, 1.807) is 13.8 Å². The van der Waals surface area contributed by atoms with Crippen LogP contribution in [0.1, 0.15) is 42.7 Å². The van der Waals surface area contributed by atoms with Crippen molar-refractivity contribution in [3.63, 3.8) is 0 Å². The fourth-order valence-electron chi connectivity index (χ4n) is 2.73. The molecule has 0 saturated carbocycles. The lowest BCUT2D eigenvalue weighted by molar-refractivity contribution is 0.0939. The summed E-state index contributed by atoms with van der Waals surface area (Å²) >= 11 is 9.64. The first-order chi connectivity index (χ1) is 12.7. The topological polar surface area (TPSA) is 66.5 Å². The minimum Gasteiger partial charge on any atom is -0.345 e. The summed E-state index contributed by atoms with van der Waals surface area (Å²) in [6.45, 7) is 6.08. The van der Waals surface area contributed by atoms with Gasteiger partial charge >= 0.3 is 0 Å². The van der Waals surface area contributed by atoms with Crippen molar-refractivity contribution in [1.82, 2.24) is 9.62 Å². The van der Waals surface area contributed by atoms with Crippen LogP contribution in [0.15, 0.2) is 51.8 Å². The van der Waals surface area contributed by atoms with Gasteiger partial charge in [-0.1, -0.05) is 59.6 Å². The van der Waals surface area contributed by atoms with Gasteiger partial charge in [-0.15, -0.1) is 0 Å². The van der Waals surface area contributed by atoms with Crippen LogP contribution in [0.2, 0.25) is 5.02 Å². The summed E-state index contributed by atoms with van der Waals surface area (Å²) in [5.74, 6) is -0.431. The fourth-order valence-corrected chi connectivity index (χ4v) is 5.05. The van der Waals surface area contributed by atoms with Crippen LogP contribution < -0.4 is 5.32 Å². The van der Waals surface area contributed by atoms with E-state index in [-0.39, 0.29) is 21.5 Å². The van der Waals surface area contributed by atoms with Crippen molar-refractivity contribution in [2.45, 2.75) is 31.7 Å². The van der Waals surface area contributed by atoms with Crippen molar-refractivity contribution in [2.24, 2.45) is 0 Å². The second-order valence-electron chi connectivity index (χ2n) is 5.95. The summed E-state index contributed by atoms with van der Waals surface area (Å²) in [6.07, 6.45) is 0. The molecule has 0 aliphatic heterocycles. The van der Waals surface area contributed by atoms with Gasteiger partial charge in [0.1, 0.15) is 0 Å². The summed E-state index contributed by atoms with van der Waals surface area (Å²) in [7, 11) is -3.67. The number of amides is 1. The Morgan fingerprint density at radius 3 is 2.41 bits per heavy atom. The van der Waals surface area contributed by atoms with E-state index in [0.717, 1.165) is 10.0 Å². The van der Waals surface area contributed by atoms with E-state index in [2.05, 4.69) is 21.2 Å². The number of sulfonamides is 1. The highest BCUT2D eigenvalue weighted by Gasteiger charge is 2.24. The molecule has 0 aliphatic carbocycles. The number of nitrogens with one attached hydrogen (secondary N) is 1. The van der Waals surface area contributed by atoms with Crippen LogP contribution in [0.25, 0.3) is 0 Å². The van der Waals surface area contributed by atoms with Gasteiger partial charge in [-0.3, -0.25) is 4.79 Å². The molecule has 2 aromatic carbocycles. The van der Waals surface area contributed by atoms with Gasteiger partial charge in [0, 0.05) is 17.6 Å². The van der Waals surface area contributed by atoms with Gasteiger partial charge in [-0.25, -0.2) is 8.42 Å². The van der Waals surface area contributed by atoms with E-state index < -0.39 is 15.9 Å². The van der Waals surface area contributed by atoms with Gasteiger partial charge in [-0.05, 0) is 36.8 Å². The predicted molar refractivity (Wildman–Crippen MR) is 112 cm³/mol. The Morgan fingerprint density at radius 2 is 1.81 bits per heavy atom. The average Bonchev–Trinajstić information content (AvgIpc) is 2.62. The lowest BCUT2D eigenvalue weighted by atomic mass is 10.1. The molecule has 0 fully saturated rings. The lowest BCUT2D eigenvalue weighted by Crippen LogP contribution is -2.31. The van der Waals surface area contributed by atoms with Gasteiger partial charge in [0.2, 0.25) is 10.0 Å². The Morgan fingerprint density at radius 1 is 1.19 bits per heavy atom. The number of rotatable bonds is 7. The maximum atomic E-state index is 12.7. The second-order valence-corrected chi connectivity index (χ2v) is 9.15. The maximum absolute atomic E-state index is 12.7. The standard InChI is InChI=1S/C19H22BrClN2O3S/c1-4-23(5-2)27(25,26)14-10-11-18(21)16(12-14)19(24)22-13(3)15-8-6-7-9-17(15)20/h6-13H,4-5H2,1-3H3,(H,22,24). The van der Waals surface area contributed by atoms with Crippen LogP contribution in [0, 0.1) is 0 Å². The van der Waals surface area contributed by atoms with Crippen LogP contribution in [-0.2, 0) is 10.0 Å². The molecule has 0 aromatic heterocycles. The van der Waals surface area contributed by atoms with E-state index in [0.29, 0.717) is 13.1 Å². The third-order valence-electron chi connectivity index (χ3n) is 4.24. The second kappa shape index (κ2) is 9.19. The Bertz CT molecular complexity index is 930. The molecule has 0 saturated heterocycles. The van der Waals surface area contributed by atoms with E-state index in [1.807, 2.05) is 31.2 Å². The first-order valence-corrected chi connectivity index (χ1v) is 11.2. The molecule has 27 heavy (non-hydrogen) atoms. The Kier molecular flexibility index (Phi) is 7.45. The molecule has 1 atom stereocenters. The molecule has 2 rings (SSSR count). The molecule has 1 N–H and O–H groups in total. The number of benzene rings is 2. The molecule has 0 aliphatic rings. The Labute approximate surface area is 173 Å². The minimum atomic E-state index is -3.67. The largest absolute Gasteiger partial charge is 0.345 e. The number of hydrogen-bond acceptors (Lipinski definition) is 3. The molecule has 5 nitrogen and oxygen atoms in total. The van der Waals surface area contributed by atoms with Gasteiger partial charge < -0.3 is 5.32 Å². The summed E-state index contributed by atoms with van der Waals surface area (Å²) in [6, 6.07) is 11.5. The molecule has 0 spiro atoms. The van der Waals surface area contributed by atoms with Gasteiger partial charge in [0.05, 0.1) is 21.5 Å². The monoisotopic (exact) mass is 472 g/mol. The molecular weight excluding hydrogens is 452 g/mol. The number of halogens is 2. The number of nitrogens with zero attached hydrogens (tertiary/aromatic N) is 1. The van der Waals surface area contributed by atoms with Crippen LogP contribution in [0.5, 0.6) is 0 Å².